The summed E-state index contributed by atoms with van der Waals surface area (Å²) in [6, 6.07) is 14.2. The number of aromatic nitrogens is 3. The summed E-state index contributed by atoms with van der Waals surface area (Å²) in [5.41, 5.74) is 6.44. The van der Waals surface area contributed by atoms with Crippen molar-refractivity contribution < 1.29 is 9.53 Å². The highest BCUT2D eigenvalue weighted by Crippen LogP contribution is 2.31. The quantitative estimate of drug-likeness (QED) is 0.459. The lowest BCUT2D eigenvalue weighted by Gasteiger charge is -2.13. The fourth-order valence-electron chi connectivity index (χ4n) is 4.21. The van der Waals surface area contributed by atoms with Crippen molar-refractivity contribution in [3.63, 3.8) is 0 Å². The monoisotopic (exact) mass is 432 g/mol. The number of methoxy groups -OCH3 is 1. The Kier molecular flexibility index (Phi) is 5.06. The van der Waals surface area contributed by atoms with Crippen molar-refractivity contribution in [2.45, 2.75) is 43.5 Å². The summed E-state index contributed by atoms with van der Waals surface area (Å²) in [7, 11) is 1.65. The van der Waals surface area contributed by atoms with Crippen LogP contribution in [-0.2, 0) is 17.6 Å². The molecule has 0 fully saturated rings. The SMILES string of the molecule is COc1ccc2c(C)cc3nnc(SC(C)C(=O)Nc4ccc5c(c4)CCC5)n3c2c1. The Balaban J connectivity index is 1.43. The zero-order chi connectivity index (χ0) is 21.5. The molecule has 2 heterocycles. The average molecular weight is 433 g/mol. The molecule has 1 aliphatic rings. The van der Waals surface area contributed by atoms with Crippen molar-refractivity contribution in [1.82, 2.24) is 14.6 Å². The highest BCUT2D eigenvalue weighted by atomic mass is 32.2. The van der Waals surface area contributed by atoms with Crippen LogP contribution in [0.2, 0.25) is 0 Å². The molecule has 7 heteroatoms. The van der Waals surface area contributed by atoms with E-state index in [1.807, 2.05) is 41.7 Å². The zero-order valence-electron chi connectivity index (χ0n) is 17.8. The third kappa shape index (κ3) is 3.63. The smallest absolute Gasteiger partial charge is 0.237 e. The summed E-state index contributed by atoms with van der Waals surface area (Å²) in [5, 5.41) is 13.2. The minimum absolute atomic E-state index is 0.0475. The Morgan fingerprint density at radius 1 is 1.13 bits per heavy atom. The molecule has 4 aromatic rings. The van der Waals surface area contributed by atoms with Crippen LogP contribution in [-0.4, -0.2) is 32.9 Å². The van der Waals surface area contributed by atoms with Gasteiger partial charge in [0.1, 0.15) is 5.75 Å². The molecule has 1 aliphatic carbocycles. The van der Waals surface area contributed by atoms with Gasteiger partial charge in [-0.25, -0.2) is 0 Å². The average Bonchev–Trinajstić information content (AvgIpc) is 3.40. The van der Waals surface area contributed by atoms with Gasteiger partial charge in [-0.15, -0.1) is 10.2 Å². The molecule has 6 nitrogen and oxygen atoms in total. The number of amides is 1. The fourth-order valence-corrected chi connectivity index (χ4v) is 5.08. The molecular formula is C24H24N4O2S. The fraction of sp³-hybridized carbons (Fsp3) is 0.292. The molecule has 0 radical (unpaired) electrons. The molecule has 1 atom stereocenters. The third-order valence-electron chi connectivity index (χ3n) is 5.89. The lowest BCUT2D eigenvalue weighted by Crippen LogP contribution is -2.22. The van der Waals surface area contributed by atoms with Crippen LogP contribution in [0.4, 0.5) is 5.69 Å². The summed E-state index contributed by atoms with van der Waals surface area (Å²) >= 11 is 1.40. The molecule has 1 amide bonds. The number of carbonyl (C=O) groups is 1. The maximum atomic E-state index is 12.9. The molecule has 1 N–H and O–H groups in total. The van der Waals surface area contributed by atoms with Crippen molar-refractivity contribution >= 4 is 39.9 Å². The van der Waals surface area contributed by atoms with E-state index in [-0.39, 0.29) is 11.2 Å². The number of aryl methyl sites for hydroxylation is 3. The Morgan fingerprint density at radius 2 is 1.97 bits per heavy atom. The van der Waals surface area contributed by atoms with Crippen LogP contribution in [0.5, 0.6) is 5.75 Å². The molecular weight excluding hydrogens is 408 g/mol. The van der Waals surface area contributed by atoms with Gasteiger partial charge in [-0.05, 0) is 80.1 Å². The number of anilines is 1. The van der Waals surface area contributed by atoms with E-state index in [2.05, 4.69) is 34.6 Å². The van der Waals surface area contributed by atoms with Gasteiger partial charge < -0.3 is 10.1 Å². The van der Waals surface area contributed by atoms with E-state index in [1.165, 1.54) is 29.3 Å². The second-order valence-corrected chi connectivity index (χ2v) is 9.28. The van der Waals surface area contributed by atoms with Crippen LogP contribution in [0.15, 0.2) is 47.6 Å². The molecule has 0 bridgehead atoms. The number of benzene rings is 2. The molecule has 1 unspecified atom stereocenters. The molecule has 0 aliphatic heterocycles. The summed E-state index contributed by atoms with van der Waals surface area (Å²) in [6.45, 7) is 3.95. The first-order chi connectivity index (χ1) is 15.0. The van der Waals surface area contributed by atoms with Gasteiger partial charge >= 0.3 is 0 Å². The maximum Gasteiger partial charge on any atom is 0.237 e. The van der Waals surface area contributed by atoms with Gasteiger partial charge in [-0.3, -0.25) is 9.20 Å². The Hall–Kier alpha value is -3.06. The molecule has 2 aromatic heterocycles. The third-order valence-corrected chi connectivity index (χ3v) is 6.93. The van der Waals surface area contributed by atoms with Crippen LogP contribution in [0.1, 0.15) is 30.0 Å². The van der Waals surface area contributed by atoms with Gasteiger partial charge in [-0.1, -0.05) is 17.8 Å². The van der Waals surface area contributed by atoms with Gasteiger partial charge in [0.25, 0.3) is 0 Å². The maximum absolute atomic E-state index is 12.9. The van der Waals surface area contributed by atoms with Crippen LogP contribution < -0.4 is 10.1 Å². The number of carbonyl (C=O) groups excluding carboxylic acids is 1. The van der Waals surface area contributed by atoms with Gasteiger partial charge in [0.15, 0.2) is 10.8 Å². The standard InChI is InChI=1S/C24H24N4O2S/c1-14-11-22-26-27-24(28(22)21-13-19(30-3)9-10-20(14)21)31-15(2)23(29)25-18-8-7-16-5-4-6-17(16)12-18/h7-13,15H,4-6H2,1-3H3,(H,25,29). The number of rotatable bonds is 5. The number of thioether (sulfide) groups is 1. The van der Waals surface area contributed by atoms with Crippen molar-refractivity contribution in [3.05, 3.63) is 59.2 Å². The van der Waals surface area contributed by atoms with E-state index in [0.29, 0.717) is 5.16 Å². The Labute approximate surface area is 185 Å². The Morgan fingerprint density at radius 3 is 2.81 bits per heavy atom. The van der Waals surface area contributed by atoms with Crippen molar-refractivity contribution in [2.24, 2.45) is 0 Å². The molecule has 0 saturated heterocycles. The first-order valence-electron chi connectivity index (χ1n) is 10.5. The van der Waals surface area contributed by atoms with E-state index in [9.17, 15) is 4.79 Å². The number of nitrogens with zero attached hydrogens (tertiary/aromatic N) is 3. The van der Waals surface area contributed by atoms with Crippen molar-refractivity contribution in [3.8, 4) is 5.75 Å². The summed E-state index contributed by atoms with van der Waals surface area (Å²) < 4.78 is 7.41. The number of pyridine rings is 1. The number of hydrogen-bond acceptors (Lipinski definition) is 5. The minimum atomic E-state index is -0.331. The second kappa shape index (κ2) is 7.89. The van der Waals surface area contributed by atoms with E-state index in [4.69, 9.17) is 4.74 Å². The first-order valence-corrected chi connectivity index (χ1v) is 11.3. The zero-order valence-corrected chi connectivity index (χ0v) is 18.6. The lowest BCUT2D eigenvalue weighted by atomic mass is 10.1. The second-order valence-electron chi connectivity index (χ2n) is 7.97. The topological polar surface area (TPSA) is 68.5 Å². The highest BCUT2D eigenvalue weighted by molar-refractivity contribution is 8.00. The first kappa shape index (κ1) is 19.9. The van der Waals surface area contributed by atoms with Gasteiger partial charge in [0, 0.05) is 17.1 Å². The number of fused-ring (bicyclic) bond motifs is 4. The minimum Gasteiger partial charge on any atom is -0.497 e. The van der Waals surface area contributed by atoms with Gasteiger partial charge in [0.05, 0.1) is 17.9 Å². The molecule has 0 spiro atoms. The summed E-state index contributed by atoms with van der Waals surface area (Å²) in [5.74, 6) is 0.722. The normalized spacial score (nSPS) is 14.0. The van der Waals surface area contributed by atoms with Crippen LogP contribution in [0.25, 0.3) is 16.6 Å². The van der Waals surface area contributed by atoms with E-state index in [1.54, 1.807) is 7.11 Å². The molecule has 2 aromatic carbocycles. The number of nitrogens with one attached hydrogen (secondary N) is 1. The highest BCUT2D eigenvalue weighted by Gasteiger charge is 2.20. The molecule has 5 rings (SSSR count). The molecule has 31 heavy (non-hydrogen) atoms. The molecule has 158 valence electrons. The summed E-state index contributed by atoms with van der Waals surface area (Å²) in [4.78, 5) is 12.9. The largest absolute Gasteiger partial charge is 0.497 e. The van der Waals surface area contributed by atoms with E-state index < -0.39 is 0 Å². The number of ether oxygens (including phenoxy) is 1. The number of hydrogen-bond donors (Lipinski definition) is 1. The van der Waals surface area contributed by atoms with Gasteiger partial charge in [0.2, 0.25) is 5.91 Å². The van der Waals surface area contributed by atoms with Crippen LogP contribution in [0, 0.1) is 6.92 Å². The lowest BCUT2D eigenvalue weighted by molar-refractivity contribution is -0.115. The predicted octanol–water partition coefficient (Wildman–Crippen LogP) is 4.81. The van der Waals surface area contributed by atoms with Crippen molar-refractivity contribution in [1.29, 1.82) is 0 Å². The van der Waals surface area contributed by atoms with Crippen LogP contribution in [0.3, 0.4) is 0 Å². The van der Waals surface area contributed by atoms with E-state index in [0.717, 1.165) is 46.4 Å². The van der Waals surface area contributed by atoms with E-state index >= 15 is 0 Å². The predicted molar refractivity (Wildman–Crippen MR) is 124 cm³/mol. The van der Waals surface area contributed by atoms with Gasteiger partial charge in [-0.2, -0.15) is 0 Å². The Bertz CT molecular complexity index is 1310. The van der Waals surface area contributed by atoms with Crippen molar-refractivity contribution in [2.75, 3.05) is 12.4 Å². The molecule has 0 saturated carbocycles. The summed E-state index contributed by atoms with van der Waals surface area (Å²) in [6.07, 6.45) is 3.41. The van der Waals surface area contributed by atoms with Crippen LogP contribution >= 0.6 is 11.8 Å².